The van der Waals surface area contributed by atoms with Crippen LogP contribution in [0.15, 0.2) is 48.9 Å². The summed E-state index contributed by atoms with van der Waals surface area (Å²) >= 11 is 0. The molecule has 0 fully saturated rings. The standard InChI is InChI=1S/C28H24F4N6/c1-15-5-4-6-16(2)25(15)38-26(20-11-22(29)17(3)24-19(20)7-9-33-24)21-14-37(10-8-23(21)36-38)27-34-12-18(13-35-27)28(30,31)32/h4-7,9,11-13,33H,8,10,14H2,1-3H3. The number of alkyl halides is 3. The highest BCUT2D eigenvalue weighted by Crippen LogP contribution is 2.40. The summed E-state index contributed by atoms with van der Waals surface area (Å²) in [6, 6.07) is 9.47. The Hall–Kier alpha value is -4.21. The Balaban J connectivity index is 1.55. The highest BCUT2D eigenvalue weighted by molar-refractivity contribution is 5.97. The van der Waals surface area contributed by atoms with E-state index in [1.807, 2.05) is 47.7 Å². The molecule has 4 heterocycles. The van der Waals surface area contributed by atoms with E-state index in [4.69, 9.17) is 5.10 Å². The van der Waals surface area contributed by atoms with Crippen LogP contribution in [-0.4, -0.2) is 31.3 Å². The SMILES string of the molecule is Cc1cccc(C)c1-n1nc2c(c1-c1cc(F)c(C)c3[nH]ccc13)CN(c1ncc(C(F)(F)F)cn1)CC2. The van der Waals surface area contributed by atoms with Gasteiger partial charge in [-0.05, 0) is 44.0 Å². The van der Waals surface area contributed by atoms with Crippen molar-refractivity contribution in [3.8, 4) is 16.9 Å². The number of hydrogen-bond acceptors (Lipinski definition) is 4. The Morgan fingerprint density at radius 2 is 1.71 bits per heavy atom. The first kappa shape index (κ1) is 24.1. The number of aromatic nitrogens is 5. The van der Waals surface area contributed by atoms with E-state index >= 15 is 4.39 Å². The molecule has 1 aliphatic heterocycles. The van der Waals surface area contributed by atoms with E-state index in [9.17, 15) is 13.2 Å². The Morgan fingerprint density at radius 3 is 2.39 bits per heavy atom. The molecule has 0 atom stereocenters. The van der Waals surface area contributed by atoms with Gasteiger partial charge in [0.1, 0.15) is 5.82 Å². The third-order valence-corrected chi connectivity index (χ3v) is 7.23. The van der Waals surface area contributed by atoms with Crippen LogP contribution in [0.2, 0.25) is 0 Å². The number of aromatic amines is 1. The first-order valence-corrected chi connectivity index (χ1v) is 12.2. The van der Waals surface area contributed by atoms with Crippen LogP contribution in [0.1, 0.15) is 33.5 Å². The highest BCUT2D eigenvalue weighted by atomic mass is 19.4. The zero-order valence-corrected chi connectivity index (χ0v) is 21.0. The number of para-hydroxylation sites is 1. The van der Waals surface area contributed by atoms with Crippen LogP contribution in [0.4, 0.5) is 23.5 Å². The minimum absolute atomic E-state index is 0.205. The molecule has 1 aliphatic rings. The number of nitrogens with zero attached hydrogens (tertiary/aromatic N) is 5. The Kier molecular flexibility index (Phi) is 5.51. The number of nitrogens with one attached hydrogen (secondary N) is 1. The fourth-order valence-electron chi connectivity index (χ4n) is 5.29. The number of fused-ring (bicyclic) bond motifs is 2. The summed E-state index contributed by atoms with van der Waals surface area (Å²) in [6.07, 6.45) is -0.579. The first-order valence-electron chi connectivity index (χ1n) is 12.2. The van der Waals surface area contributed by atoms with E-state index < -0.39 is 11.7 Å². The molecular formula is C28H24F4N6. The molecule has 2 aromatic carbocycles. The van der Waals surface area contributed by atoms with E-state index in [1.54, 1.807) is 19.2 Å². The smallest absolute Gasteiger partial charge is 0.361 e. The van der Waals surface area contributed by atoms with E-state index in [2.05, 4.69) is 15.0 Å². The van der Waals surface area contributed by atoms with Crippen molar-refractivity contribution in [3.63, 3.8) is 0 Å². The fraction of sp³-hybridized carbons (Fsp3) is 0.250. The Morgan fingerprint density at radius 1 is 1.00 bits per heavy atom. The van der Waals surface area contributed by atoms with Gasteiger partial charge in [0.2, 0.25) is 5.95 Å². The van der Waals surface area contributed by atoms with Crippen molar-refractivity contribution in [2.75, 3.05) is 11.4 Å². The molecule has 0 amide bonds. The molecule has 38 heavy (non-hydrogen) atoms. The van der Waals surface area contributed by atoms with Gasteiger partial charge in [-0.15, -0.1) is 0 Å². The third kappa shape index (κ3) is 3.82. The second-order valence-corrected chi connectivity index (χ2v) is 9.66. The predicted molar refractivity (Wildman–Crippen MR) is 137 cm³/mol. The average molecular weight is 521 g/mol. The molecule has 0 aliphatic carbocycles. The van der Waals surface area contributed by atoms with Gasteiger partial charge in [0.25, 0.3) is 0 Å². The van der Waals surface area contributed by atoms with Gasteiger partial charge in [0.05, 0.1) is 28.2 Å². The lowest BCUT2D eigenvalue weighted by atomic mass is 9.96. The molecule has 0 saturated heterocycles. The summed E-state index contributed by atoms with van der Waals surface area (Å²) in [5.74, 6) is -0.131. The molecule has 0 bridgehead atoms. The molecule has 0 radical (unpaired) electrons. The summed E-state index contributed by atoms with van der Waals surface area (Å²) in [5.41, 5.74) is 6.46. The van der Waals surface area contributed by atoms with Crippen LogP contribution in [0, 0.1) is 26.6 Å². The lowest BCUT2D eigenvalue weighted by molar-refractivity contribution is -0.138. The van der Waals surface area contributed by atoms with Crippen molar-refractivity contribution in [3.05, 3.63) is 88.3 Å². The van der Waals surface area contributed by atoms with Crippen LogP contribution in [0.25, 0.3) is 27.8 Å². The molecule has 0 saturated carbocycles. The average Bonchev–Trinajstić information content (AvgIpc) is 3.51. The van der Waals surface area contributed by atoms with E-state index in [1.165, 1.54) is 0 Å². The molecule has 6 rings (SSSR count). The van der Waals surface area contributed by atoms with Crippen molar-refractivity contribution in [2.45, 2.75) is 39.9 Å². The number of halogens is 4. The van der Waals surface area contributed by atoms with Crippen molar-refractivity contribution in [1.82, 2.24) is 24.7 Å². The molecule has 0 spiro atoms. The number of hydrogen-bond donors (Lipinski definition) is 1. The molecule has 1 N–H and O–H groups in total. The molecule has 194 valence electrons. The number of anilines is 1. The van der Waals surface area contributed by atoms with Gasteiger partial charge < -0.3 is 9.88 Å². The zero-order valence-electron chi connectivity index (χ0n) is 21.0. The minimum Gasteiger partial charge on any atom is -0.361 e. The summed E-state index contributed by atoms with van der Waals surface area (Å²) in [5, 5.41) is 5.87. The van der Waals surface area contributed by atoms with Crippen molar-refractivity contribution in [2.24, 2.45) is 0 Å². The molecule has 10 heteroatoms. The highest BCUT2D eigenvalue weighted by Gasteiger charge is 2.33. The quantitative estimate of drug-likeness (QED) is 0.278. The predicted octanol–water partition coefficient (Wildman–Crippen LogP) is 6.46. The van der Waals surface area contributed by atoms with E-state index in [-0.39, 0.29) is 11.8 Å². The van der Waals surface area contributed by atoms with Crippen LogP contribution >= 0.6 is 0 Å². The van der Waals surface area contributed by atoms with Crippen molar-refractivity contribution >= 4 is 16.9 Å². The second kappa shape index (κ2) is 8.68. The van der Waals surface area contributed by atoms with Gasteiger partial charge in [-0.2, -0.15) is 18.3 Å². The molecule has 5 aromatic rings. The summed E-state index contributed by atoms with van der Waals surface area (Å²) < 4.78 is 56.3. The van der Waals surface area contributed by atoms with Gasteiger partial charge in [0, 0.05) is 60.2 Å². The molecule has 6 nitrogen and oxygen atoms in total. The van der Waals surface area contributed by atoms with Crippen molar-refractivity contribution < 1.29 is 17.6 Å². The summed E-state index contributed by atoms with van der Waals surface area (Å²) in [7, 11) is 0. The molecular weight excluding hydrogens is 496 g/mol. The fourth-order valence-corrected chi connectivity index (χ4v) is 5.29. The van der Waals surface area contributed by atoms with Crippen LogP contribution < -0.4 is 4.90 Å². The second-order valence-electron chi connectivity index (χ2n) is 9.66. The normalized spacial score (nSPS) is 13.8. The number of benzene rings is 2. The molecule has 3 aromatic heterocycles. The zero-order chi connectivity index (χ0) is 26.8. The number of rotatable bonds is 3. The third-order valence-electron chi connectivity index (χ3n) is 7.23. The summed E-state index contributed by atoms with van der Waals surface area (Å²) in [6.45, 7) is 6.57. The number of H-pyrrole nitrogens is 1. The lowest BCUT2D eigenvalue weighted by Crippen LogP contribution is -2.31. The van der Waals surface area contributed by atoms with Crippen LogP contribution in [-0.2, 0) is 19.1 Å². The van der Waals surface area contributed by atoms with Gasteiger partial charge in [-0.1, -0.05) is 18.2 Å². The van der Waals surface area contributed by atoms with Crippen LogP contribution in [0.5, 0.6) is 0 Å². The van der Waals surface area contributed by atoms with Crippen LogP contribution in [0.3, 0.4) is 0 Å². The maximum absolute atomic E-state index is 15.2. The monoisotopic (exact) mass is 520 g/mol. The topological polar surface area (TPSA) is 62.6 Å². The van der Waals surface area contributed by atoms with Gasteiger partial charge in [0.15, 0.2) is 0 Å². The van der Waals surface area contributed by atoms with E-state index in [0.717, 1.165) is 51.5 Å². The number of aryl methyl sites for hydroxylation is 3. The Bertz CT molecular complexity index is 1660. The Labute approximate surface area is 216 Å². The van der Waals surface area contributed by atoms with Crippen molar-refractivity contribution in [1.29, 1.82) is 0 Å². The lowest BCUT2D eigenvalue weighted by Gasteiger charge is -2.27. The van der Waals surface area contributed by atoms with Gasteiger partial charge in [-0.25, -0.2) is 19.0 Å². The summed E-state index contributed by atoms with van der Waals surface area (Å²) in [4.78, 5) is 13.0. The first-order chi connectivity index (χ1) is 18.1. The molecule has 0 unspecified atom stereocenters. The van der Waals surface area contributed by atoms with Gasteiger partial charge >= 0.3 is 6.18 Å². The maximum Gasteiger partial charge on any atom is 0.419 e. The maximum atomic E-state index is 15.2. The largest absolute Gasteiger partial charge is 0.419 e. The van der Waals surface area contributed by atoms with Gasteiger partial charge in [-0.3, -0.25) is 0 Å². The van der Waals surface area contributed by atoms with E-state index in [0.29, 0.717) is 36.2 Å². The minimum atomic E-state index is -4.51.